The van der Waals surface area contributed by atoms with E-state index in [0.29, 0.717) is 12.0 Å². The summed E-state index contributed by atoms with van der Waals surface area (Å²) >= 11 is 0. The van der Waals surface area contributed by atoms with Gasteiger partial charge in [0.2, 0.25) is 5.91 Å². The molecule has 112 valence electrons. The second kappa shape index (κ2) is 6.71. The van der Waals surface area contributed by atoms with E-state index in [1.807, 2.05) is 0 Å². The molecule has 0 aromatic heterocycles. The predicted molar refractivity (Wildman–Crippen MR) is 77.6 cm³/mol. The zero-order valence-electron chi connectivity index (χ0n) is 12.8. The van der Waals surface area contributed by atoms with Crippen molar-refractivity contribution in [1.29, 1.82) is 0 Å². The number of carbonyl (C=O) groups is 1. The highest BCUT2D eigenvalue weighted by atomic mass is 16.3. The lowest BCUT2D eigenvalue weighted by atomic mass is 9.69. The van der Waals surface area contributed by atoms with Crippen molar-refractivity contribution in [3.8, 4) is 0 Å². The van der Waals surface area contributed by atoms with Crippen LogP contribution in [-0.2, 0) is 4.79 Å². The molecule has 2 atom stereocenters. The van der Waals surface area contributed by atoms with Gasteiger partial charge in [0.05, 0.1) is 6.10 Å². The molecule has 1 aliphatic carbocycles. The minimum absolute atomic E-state index is 0.100. The quantitative estimate of drug-likeness (QED) is 0.727. The monoisotopic (exact) mass is 270 g/mol. The van der Waals surface area contributed by atoms with Crippen LogP contribution in [0, 0.1) is 17.3 Å². The Bertz CT molecular complexity index is 289. The van der Waals surface area contributed by atoms with Gasteiger partial charge in [-0.1, -0.05) is 20.8 Å². The molecule has 0 radical (unpaired) electrons. The van der Waals surface area contributed by atoms with Crippen molar-refractivity contribution in [3.05, 3.63) is 0 Å². The van der Waals surface area contributed by atoms with Crippen LogP contribution in [0.1, 0.15) is 53.4 Å². The highest BCUT2D eigenvalue weighted by Gasteiger charge is 2.32. The normalized spacial score (nSPS) is 27.7. The largest absolute Gasteiger partial charge is 0.392 e. The molecule has 4 heteroatoms. The third-order valence-corrected chi connectivity index (χ3v) is 4.45. The Morgan fingerprint density at radius 2 is 1.84 bits per heavy atom. The standard InChI is InChI=1S/C15H30N2O2/c1-10(18)13(16)9-17-14(19)11-5-7-12(8-6-11)15(2,3)4/h10-13,18H,5-9,16H2,1-4H3,(H,17,19). The molecule has 4 N–H and O–H groups in total. The molecule has 0 aliphatic heterocycles. The fraction of sp³-hybridized carbons (Fsp3) is 0.933. The van der Waals surface area contributed by atoms with E-state index < -0.39 is 6.10 Å². The number of nitrogens with two attached hydrogens (primary N) is 1. The number of amides is 1. The smallest absolute Gasteiger partial charge is 0.223 e. The van der Waals surface area contributed by atoms with E-state index in [4.69, 9.17) is 5.73 Å². The van der Waals surface area contributed by atoms with Crippen molar-refractivity contribution in [1.82, 2.24) is 5.32 Å². The summed E-state index contributed by atoms with van der Waals surface area (Å²) in [4.78, 5) is 12.0. The van der Waals surface area contributed by atoms with Crippen LogP contribution >= 0.6 is 0 Å². The van der Waals surface area contributed by atoms with Gasteiger partial charge in [-0.3, -0.25) is 4.79 Å². The zero-order valence-corrected chi connectivity index (χ0v) is 12.8. The minimum atomic E-state index is -0.586. The number of hydrogen-bond acceptors (Lipinski definition) is 3. The van der Waals surface area contributed by atoms with E-state index in [-0.39, 0.29) is 17.9 Å². The van der Waals surface area contributed by atoms with Gasteiger partial charge >= 0.3 is 0 Å². The summed E-state index contributed by atoms with van der Waals surface area (Å²) < 4.78 is 0. The van der Waals surface area contributed by atoms with Gasteiger partial charge < -0.3 is 16.2 Å². The molecule has 2 unspecified atom stereocenters. The van der Waals surface area contributed by atoms with Gasteiger partial charge in [0, 0.05) is 18.5 Å². The molecule has 1 fully saturated rings. The fourth-order valence-corrected chi connectivity index (χ4v) is 2.75. The highest BCUT2D eigenvalue weighted by Crippen LogP contribution is 2.39. The summed E-state index contributed by atoms with van der Waals surface area (Å²) in [6, 6.07) is -0.380. The first-order valence-electron chi connectivity index (χ1n) is 7.43. The van der Waals surface area contributed by atoms with Crippen LogP contribution in [-0.4, -0.2) is 29.7 Å². The summed E-state index contributed by atoms with van der Waals surface area (Å²) in [6.07, 6.45) is 3.61. The number of aliphatic hydroxyl groups excluding tert-OH is 1. The lowest BCUT2D eigenvalue weighted by Crippen LogP contribution is -2.45. The maximum Gasteiger partial charge on any atom is 0.223 e. The van der Waals surface area contributed by atoms with Crippen LogP contribution in [0.15, 0.2) is 0 Å². The Hall–Kier alpha value is -0.610. The van der Waals surface area contributed by atoms with Crippen molar-refractivity contribution in [2.24, 2.45) is 23.0 Å². The van der Waals surface area contributed by atoms with Gasteiger partial charge in [0.15, 0.2) is 0 Å². The fourth-order valence-electron chi connectivity index (χ4n) is 2.75. The summed E-state index contributed by atoms with van der Waals surface area (Å²) in [5.41, 5.74) is 6.05. The van der Waals surface area contributed by atoms with Gasteiger partial charge in [0.1, 0.15) is 0 Å². The summed E-state index contributed by atoms with van der Waals surface area (Å²) in [7, 11) is 0. The lowest BCUT2D eigenvalue weighted by molar-refractivity contribution is -0.126. The Kier molecular flexibility index (Phi) is 5.81. The molecular weight excluding hydrogens is 240 g/mol. The van der Waals surface area contributed by atoms with Crippen LogP contribution < -0.4 is 11.1 Å². The molecule has 1 rings (SSSR count). The minimum Gasteiger partial charge on any atom is -0.392 e. The number of nitrogens with one attached hydrogen (secondary N) is 1. The van der Waals surface area contributed by atoms with E-state index in [2.05, 4.69) is 26.1 Å². The molecule has 0 spiro atoms. The Balaban J connectivity index is 2.33. The van der Waals surface area contributed by atoms with E-state index in [1.165, 1.54) is 0 Å². The number of carbonyl (C=O) groups excluding carboxylic acids is 1. The molecule has 0 saturated heterocycles. The second-order valence-electron chi connectivity index (χ2n) is 7.06. The molecule has 0 heterocycles. The van der Waals surface area contributed by atoms with E-state index >= 15 is 0 Å². The van der Waals surface area contributed by atoms with Crippen molar-refractivity contribution >= 4 is 5.91 Å². The van der Waals surface area contributed by atoms with Gasteiger partial charge in [-0.25, -0.2) is 0 Å². The number of rotatable bonds is 4. The average molecular weight is 270 g/mol. The summed E-state index contributed by atoms with van der Waals surface area (Å²) in [5.74, 6) is 0.944. The van der Waals surface area contributed by atoms with Gasteiger partial charge in [-0.2, -0.15) is 0 Å². The first-order valence-corrected chi connectivity index (χ1v) is 7.43. The maximum absolute atomic E-state index is 12.0. The molecule has 0 aromatic rings. The molecule has 1 saturated carbocycles. The van der Waals surface area contributed by atoms with Gasteiger partial charge in [-0.15, -0.1) is 0 Å². The van der Waals surface area contributed by atoms with E-state index in [0.717, 1.165) is 31.6 Å². The second-order valence-corrected chi connectivity index (χ2v) is 7.06. The van der Waals surface area contributed by atoms with Gasteiger partial charge in [0.25, 0.3) is 0 Å². The van der Waals surface area contributed by atoms with E-state index in [9.17, 15) is 9.90 Å². The van der Waals surface area contributed by atoms with Crippen LogP contribution in [0.2, 0.25) is 0 Å². The van der Waals surface area contributed by atoms with Crippen molar-refractivity contribution in [3.63, 3.8) is 0 Å². The summed E-state index contributed by atoms with van der Waals surface area (Å²) in [5, 5.41) is 12.2. The lowest BCUT2D eigenvalue weighted by Gasteiger charge is -2.36. The van der Waals surface area contributed by atoms with E-state index in [1.54, 1.807) is 6.92 Å². The number of aliphatic hydroxyl groups is 1. The Labute approximate surface area is 117 Å². The molecule has 4 nitrogen and oxygen atoms in total. The van der Waals surface area contributed by atoms with Crippen LogP contribution in [0.5, 0.6) is 0 Å². The molecule has 1 aliphatic rings. The van der Waals surface area contributed by atoms with Crippen molar-refractivity contribution < 1.29 is 9.90 Å². The van der Waals surface area contributed by atoms with Crippen LogP contribution in [0.25, 0.3) is 0 Å². The molecule has 1 amide bonds. The average Bonchev–Trinajstić information content (AvgIpc) is 2.34. The molecule has 0 bridgehead atoms. The summed E-state index contributed by atoms with van der Waals surface area (Å²) in [6.45, 7) is 8.83. The van der Waals surface area contributed by atoms with Crippen LogP contribution in [0.4, 0.5) is 0 Å². The topological polar surface area (TPSA) is 75.3 Å². The number of hydrogen-bond donors (Lipinski definition) is 3. The predicted octanol–water partition coefficient (Wildman–Crippen LogP) is 1.66. The van der Waals surface area contributed by atoms with Crippen molar-refractivity contribution in [2.75, 3.05) is 6.54 Å². The Morgan fingerprint density at radius 1 is 1.32 bits per heavy atom. The Morgan fingerprint density at radius 3 is 2.26 bits per heavy atom. The first kappa shape index (κ1) is 16.4. The van der Waals surface area contributed by atoms with Crippen molar-refractivity contribution in [2.45, 2.75) is 65.5 Å². The zero-order chi connectivity index (χ0) is 14.6. The SMILES string of the molecule is CC(O)C(N)CNC(=O)C1CCC(C(C)(C)C)CC1. The highest BCUT2D eigenvalue weighted by molar-refractivity contribution is 5.78. The molecule has 0 aromatic carbocycles. The first-order chi connectivity index (χ1) is 8.71. The van der Waals surface area contributed by atoms with Crippen LogP contribution in [0.3, 0.4) is 0 Å². The molecular formula is C15H30N2O2. The van der Waals surface area contributed by atoms with Gasteiger partial charge in [-0.05, 0) is 43.9 Å². The third-order valence-electron chi connectivity index (χ3n) is 4.45. The third kappa shape index (κ3) is 5.11. The maximum atomic E-state index is 12.0. The molecule has 19 heavy (non-hydrogen) atoms.